The van der Waals surface area contributed by atoms with Crippen LogP contribution in [0.25, 0.3) is 0 Å². The van der Waals surface area contributed by atoms with E-state index in [1.54, 1.807) is 0 Å². The first kappa shape index (κ1) is 12.9. The van der Waals surface area contributed by atoms with E-state index in [1.165, 1.54) is 7.11 Å². The lowest BCUT2D eigenvalue weighted by molar-refractivity contribution is -0.142. The van der Waals surface area contributed by atoms with Crippen molar-refractivity contribution in [3.63, 3.8) is 0 Å². The first-order valence-corrected chi connectivity index (χ1v) is 5.93. The van der Waals surface area contributed by atoms with Gasteiger partial charge in [0, 0.05) is 18.8 Å². The van der Waals surface area contributed by atoms with Crippen LogP contribution in [0.2, 0.25) is 0 Å². The molecule has 0 spiro atoms. The molecular weight excluding hydrogens is 204 g/mol. The molecule has 0 N–H and O–H groups in total. The van der Waals surface area contributed by atoms with Gasteiger partial charge in [-0.3, -0.25) is 9.59 Å². The number of ketones is 1. The number of rotatable bonds is 5. The highest BCUT2D eigenvalue weighted by Gasteiger charge is 2.34. The van der Waals surface area contributed by atoms with Gasteiger partial charge in [-0.2, -0.15) is 0 Å². The van der Waals surface area contributed by atoms with Gasteiger partial charge >= 0.3 is 5.97 Å². The van der Waals surface area contributed by atoms with Gasteiger partial charge in [-0.15, -0.1) is 0 Å². The molecule has 90 valence electrons. The van der Waals surface area contributed by atoms with Gasteiger partial charge in [0.25, 0.3) is 0 Å². The van der Waals surface area contributed by atoms with Crippen LogP contribution in [-0.4, -0.2) is 18.9 Å². The molecule has 0 radical (unpaired) electrons. The molecule has 0 bridgehead atoms. The predicted octanol–water partition coefficient (Wildman–Crippen LogP) is 2.50. The van der Waals surface area contributed by atoms with Gasteiger partial charge in [0.2, 0.25) is 0 Å². The summed E-state index contributed by atoms with van der Waals surface area (Å²) >= 11 is 0. The summed E-state index contributed by atoms with van der Waals surface area (Å²) in [6.45, 7) is 2.07. The van der Waals surface area contributed by atoms with Crippen LogP contribution in [0.15, 0.2) is 12.2 Å². The highest BCUT2D eigenvalue weighted by molar-refractivity contribution is 5.84. The Morgan fingerprint density at radius 2 is 2.25 bits per heavy atom. The number of hydrogen-bond acceptors (Lipinski definition) is 3. The maximum Gasteiger partial charge on any atom is 0.305 e. The maximum absolute atomic E-state index is 11.7. The summed E-state index contributed by atoms with van der Waals surface area (Å²) in [5.74, 6) is 0.308. The minimum absolute atomic E-state index is 0.0295. The Morgan fingerprint density at radius 1 is 1.50 bits per heavy atom. The molecule has 0 aromatic heterocycles. The number of ether oxygens (including phenoxy) is 1. The quantitative estimate of drug-likeness (QED) is 0.532. The SMILES string of the molecule is CC/C=C/C[C@@H]1C(=O)CC[C@@H]1CC(=O)OC. The zero-order valence-electron chi connectivity index (χ0n) is 10.1. The van der Waals surface area contributed by atoms with Crippen LogP contribution in [0.5, 0.6) is 0 Å². The fourth-order valence-corrected chi connectivity index (χ4v) is 2.25. The van der Waals surface area contributed by atoms with E-state index in [2.05, 4.69) is 23.8 Å². The van der Waals surface area contributed by atoms with E-state index in [0.29, 0.717) is 18.6 Å². The molecule has 3 nitrogen and oxygen atoms in total. The molecule has 1 saturated carbocycles. The zero-order valence-corrected chi connectivity index (χ0v) is 10.1. The van der Waals surface area contributed by atoms with Gasteiger partial charge < -0.3 is 4.74 Å². The first-order chi connectivity index (χ1) is 7.69. The van der Waals surface area contributed by atoms with Crippen LogP contribution in [-0.2, 0) is 14.3 Å². The fourth-order valence-electron chi connectivity index (χ4n) is 2.25. The number of esters is 1. The minimum Gasteiger partial charge on any atom is -0.469 e. The summed E-state index contributed by atoms with van der Waals surface area (Å²) in [5.41, 5.74) is 0. The van der Waals surface area contributed by atoms with Crippen molar-refractivity contribution >= 4 is 11.8 Å². The summed E-state index contributed by atoms with van der Waals surface area (Å²) in [4.78, 5) is 22.9. The van der Waals surface area contributed by atoms with Crippen molar-refractivity contribution in [2.45, 2.75) is 39.0 Å². The van der Waals surface area contributed by atoms with Gasteiger partial charge in [0.1, 0.15) is 5.78 Å². The topological polar surface area (TPSA) is 43.4 Å². The number of carbonyl (C=O) groups is 2. The zero-order chi connectivity index (χ0) is 12.0. The Kier molecular flexibility index (Phi) is 5.23. The lowest BCUT2D eigenvalue weighted by Gasteiger charge is -2.15. The van der Waals surface area contributed by atoms with Crippen molar-refractivity contribution in [2.75, 3.05) is 7.11 Å². The summed E-state index contributed by atoms with van der Waals surface area (Å²) < 4.78 is 4.65. The van der Waals surface area contributed by atoms with E-state index in [0.717, 1.165) is 19.3 Å². The molecule has 0 unspecified atom stereocenters. The molecule has 0 saturated heterocycles. The number of Topliss-reactive ketones (excluding diaryl/α,β-unsaturated/α-hetero) is 1. The van der Waals surface area contributed by atoms with Gasteiger partial charge in [0.15, 0.2) is 0 Å². The average molecular weight is 224 g/mol. The molecule has 1 rings (SSSR count). The van der Waals surface area contributed by atoms with Crippen molar-refractivity contribution < 1.29 is 14.3 Å². The molecule has 1 aliphatic carbocycles. The van der Waals surface area contributed by atoms with Crippen molar-refractivity contribution in [1.29, 1.82) is 0 Å². The number of carbonyl (C=O) groups excluding carboxylic acids is 2. The normalized spacial score (nSPS) is 25.2. The second kappa shape index (κ2) is 6.46. The number of allylic oxidation sites excluding steroid dienone is 2. The Balaban J connectivity index is 2.52. The summed E-state index contributed by atoms with van der Waals surface area (Å²) in [5, 5.41) is 0. The molecule has 0 aliphatic heterocycles. The van der Waals surface area contributed by atoms with Crippen LogP contribution < -0.4 is 0 Å². The van der Waals surface area contributed by atoms with E-state index in [1.807, 2.05) is 0 Å². The fraction of sp³-hybridized carbons (Fsp3) is 0.692. The third-order valence-electron chi connectivity index (χ3n) is 3.19. The largest absolute Gasteiger partial charge is 0.469 e. The Morgan fingerprint density at radius 3 is 2.88 bits per heavy atom. The molecule has 2 atom stereocenters. The third-order valence-corrected chi connectivity index (χ3v) is 3.19. The molecule has 1 aliphatic rings. The Labute approximate surface area is 96.9 Å². The van der Waals surface area contributed by atoms with E-state index < -0.39 is 0 Å². The second-order valence-corrected chi connectivity index (χ2v) is 4.27. The molecule has 16 heavy (non-hydrogen) atoms. The van der Waals surface area contributed by atoms with Crippen LogP contribution in [0.1, 0.15) is 39.0 Å². The van der Waals surface area contributed by atoms with Crippen LogP contribution in [0.4, 0.5) is 0 Å². The van der Waals surface area contributed by atoms with E-state index >= 15 is 0 Å². The second-order valence-electron chi connectivity index (χ2n) is 4.27. The van der Waals surface area contributed by atoms with E-state index in [4.69, 9.17) is 0 Å². The number of methoxy groups -OCH3 is 1. The third kappa shape index (κ3) is 3.47. The highest BCUT2D eigenvalue weighted by Crippen LogP contribution is 2.34. The van der Waals surface area contributed by atoms with Gasteiger partial charge in [-0.05, 0) is 25.2 Å². The Bertz CT molecular complexity index is 281. The molecule has 0 aromatic carbocycles. The molecule has 3 heteroatoms. The van der Waals surface area contributed by atoms with Crippen molar-refractivity contribution in [2.24, 2.45) is 11.8 Å². The minimum atomic E-state index is -0.204. The average Bonchev–Trinajstić information content (AvgIpc) is 2.61. The Hall–Kier alpha value is -1.12. The van der Waals surface area contributed by atoms with Crippen LogP contribution in [0, 0.1) is 11.8 Å². The molecule has 0 heterocycles. The molecular formula is C13H20O3. The summed E-state index contributed by atoms with van der Waals surface area (Å²) in [6.07, 6.45) is 7.72. The first-order valence-electron chi connectivity index (χ1n) is 5.93. The lowest BCUT2D eigenvalue weighted by Crippen LogP contribution is -2.18. The molecule has 0 aromatic rings. The smallest absolute Gasteiger partial charge is 0.305 e. The molecule has 1 fully saturated rings. The standard InChI is InChI=1S/C13H20O3/c1-3-4-5-6-11-10(7-8-12(11)14)9-13(15)16-2/h4-5,10-11H,3,6-9H2,1-2H3/b5-4+/t10-,11+/m1/s1. The summed E-state index contributed by atoms with van der Waals surface area (Å²) in [6, 6.07) is 0. The van der Waals surface area contributed by atoms with Crippen LogP contribution in [0.3, 0.4) is 0 Å². The molecule has 0 amide bonds. The summed E-state index contributed by atoms with van der Waals surface area (Å²) in [7, 11) is 1.39. The lowest BCUT2D eigenvalue weighted by atomic mass is 9.89. The van der Waals surface area contributed by atoms with Crippen molar-refractivity contribution in [3.8, 4) is 0 Å². The van der Waals surface area contributed by atoms with Gasteiger partial charge in [0.05, 0.1) is 7.11 Å². The number of hydrogen-bond donors (Lipinski definition) is 0. The van der Waals surface area contributed by atoms with Gasteiger partial charge in [-0.1, -0.05) is 19.1 Å². The van der Waals surface area contributed by atoms with Gasteiger partial charge in [-0.25, -0.2) is 0 Å². The monoisotopic (exact) mass is 224 g/mol. The van der Waals surface area contributed by atoms with E-state index in [9.17, 15) is 9.59 Å². The van der Waals surface area contributed by atoms with Crippen molar-refractivity contribution in [1.82, 2.24) is 0 Å². The maximum atomic E-state index is 11.7. The predicted molar refractivity (Wildman–Crippen MR) is 61.9 cm³/mol. The van der Waals surface area contributed by atoms with Crippen LogP contribution >= 0.6 is 0 Å². The van der Waals surface area contributed by atoms with Crippen molar-refractivity contribution in [3.05, 3.63) is 12.2 Å². The highest BCUT2D eigenvalue weighted by atomic mass is 16.5. The van der Waals surface area contributed by atoms with E-state index in [-0.39, 0.29) is 17.8 Å².